The fraction of sp³-hybridized carbons (Fsp3) is 0.678. The standard InChI is InChI=1S/C59H101N15O18/c1-13-31(10)43(52(86)72-44(32(11)76)51(85)68-25-40(78)73(39(26-75)56(90)91)54(88)42(62)46(80)48(63)82)71-49(83)36(18-15-19-67-58(64)65)70-57(92)59(24-29(6)7,47(81)35(60)23-33-16-14-17-34(77)22-33)74(55(89)41(61)45(79)30(8)9)53(87)38(21-28(4)5)69-50(84)37(66-12)20-27(2)3/h14,16-17,22,27-32,35-39,41-46,66,75-77,79-80H,13,15,18-21,23-26,60-62H2,1-12H3,(H2,63,82)(H,68,85)(H,69,84)(H,70,92)(H,71,83)(H,72,86)(H,90,91)(H4,64,65,67)/t31?,32-,35-,36+,37+,38-,39-,41-,42-,43-,44-,45+,46-,59+/m0/s1. The quantitative estimate of drug-likeness (QED) is 0.0126. The van der Waals surface area contributed by atoms with Gasteiger partial charge in [-0.3, -0.25) is 67.5 Å². The number of guanidine groups is 1. The molecule has 24 N–H and O–H groups in total. The van der Waals surface area contributed by atoms with Crippen molar-refractivity contribution in [3.05, 3.63) is 29.8 Å². The largest absolute Gasteiger partial charge is 0.508 e. The number of benzene rings is 1. The normalized spacial score (nSPS) is 16.5. The van der Waals surface area contributed by atoms with Crippen molar-refractivity contribution in [1.82, 2.24) is 41.7 Å². The highest BCUT2D eigenvalue weighted by atomic mass is 16.4. The second-order valence-corrected chi connectivity index (χ2v) is 24.5. The van der Waals surface area contributed by atoms with Crippen molar-refractivity contribution in [3.8, 4) is 5.75 Å². The number of likely N-dealkylation sites (N-methyl/N-ethyl adjacent to an activating group) is 1. The second kappa shape index (κ2) is 38.3. The van der Waals surface area contributed by atoms with Gasteiger partial charge in [-0.15, -0.1) is 0 Å². The third-order valence-corrected chi connectivity index (χ3v) is 15.1. The summed E-state index contributed by atoms with van der Waals surface area (Å²) in [6, 6.07) is -11.3. The van der Waals surface area contributed by atoms with Crippen molar-refractivity contribution < 1.29 is 88.2 Å². The number of nitrogens with zero attached hydrogens (tertiary/aromatic N) is 3. The molecule has 1 rings (SSSR count). The number of Topliss-reactive ketones (excluding diaryl/α,β-unsaturated/α-hetero) is 1. The topological polar surface area (TPSA) is 573 Å². The first kappa shape index (κ1) is 82.2. The number of ketones is 1. The Morgan fingerprint density at radius 1 is 0.685 bits per heavy atom. The SMILES string of the molecule is CCC(C)[C@H](NC(=O)[C@@H](CCCN=C(N)N)NC(=O)[C@@](CC(C)C)(C(=O)[C@@H](N)Cc1cccc(O)c1)N(C(=O)[C@H](CC(C)C)NC(=O)[C@@H](CC(C)C)NC)C(=O)[C@@H](N)[C@H](O)C(C)C)C(=O)N[C@H](C(=O)NCC(=O)N(C(=O)[C@@H](N)[C@H](O)C(N)=O)[C@@H](CO)C(=O)O)[C@H](C)O. The van der Waals surface area contributed by atoms with E-state index in [1.807, 2.05) is 19.2 Å². The van der Waals surface area contributed by atoms with Gasteiger partial charge in [0.1, 0.15) is 42.0 Å². The van der Waals surface area contributed by atoms with E-state index in [2.05, 4.69) is 31.6 Å². The minimum atomic E-state index is -3.15. The molecule has 10 amide bonds. The van der Waals surface area contributed by atoms with Crippen LogP contribution in [0.4, 0.5) is 0 Å². The van der Waals surface area contributed by atoms with Gasteiger partial charge in [0.05, 0.1) is 37.4 Å². The number of carbonyl (C=O) groups is 12. The molecule has 0 fully saturated rings. The number of aliphatic hydroxyl groups excluding tert-OH is 4. The molecule has 0 aliphatic heterocycles. The number of carboxylic acids is 1. The van der Waals surface area contributed by atoms with Crippen LogP contribution in [-0.4, -0.2) is 222 Å². The van der Waals surface area contributed by atoms with E-state index in [9.17, 15) is 64.2 Å². The van der Waals surface area contributed by atoms with E-state index in [1.165, 1.54) is 65.9 Å². The summed E-state index contributed by atoms with van der Waals surface area (Å²) in [7, 11) is 1.52. The van der Waals surface area contributed by atoms with Crippen LogP contribution >= 0.6 is 0 Å². The van der Waals surface area contributed by atoms with Gasteiger partial charge in [-0.1, -0.05) is 87.8 Å². The van der Waals surface area contributed by atoms with Crippen LogP contribution in [0.25, 0.3) is 0 Å². The van der Waals surface area contributed by atoms with E-state index in [0.717, 1.165) is 6.92 Å². The molecule has 0 bridgehead atoms. The van der Waals surface area contributed by atoms with Crippen molar-refractivity contribution in [3.63, 3.8) is 0 Å². The number of aliphatic imine (C=N–C) groups is 1. The summed E-state index contributed by atoms with van der Waals surface area (Å²) in [5.74, 6) is -20.5. The highest BCUT2D eigenvalue weighted by molar-refractivity contribution is 6.20. The zero-order valence-electron chi connectivity index (χ0n) is 54.6. The Kier molecular flexibility index (Phi) is 34.2. The summed E-state index contributed by atoms with van der Waals surface area (Å²) in [6.07, 6.45) is -7.66. The Bertz CT molecular complexity index is 2750. The molecular formula is C59H101N15O18. The van der Waals surface area contributed by atoms with E-state index in [0.29, 0.717) is 4.90 Å². The van der Waals surface area contributed by atoms with Gasteiger partial charge in [0.15, 0.2) is 29.4 Å². The van der Waals surface area contributed by atoms with Crippen LogP contribution in [0.5, 0.6) is 5.75 Å². The number of nitrogens with one attached hydrogen (secondary N) is 6. The van der Waals surface area contributed by atoms with Crippen molar-refractivity contribution >= 4 is 76.8 Å². The van der Waals surface area contributed by atoms with E-state index in [-0.39, 0.29) is 60.3 Å². The van der Waals surface area contributed by atoms with E-state index >= 15 is 24.0 Å². The molecule has 33 heteroatoms. The van der Waals surface area contributed by atoms with Crippen molar-refractivity contribution in [2.75, 3.05) is 26.7 Å². The van der Waals surface area contributed by atoms with Crippen LogP contribution in [0, 0.1) is 29.6 Å². The summed E-state index contributed by atoms with van der Waals surface area (Å²) < 4.78 is 0. The molecule has 33 nitrogen and oxygen atoms in total. The number of hydrogen-bond donors (Lipinski definition) is 18. The maximum Gasteiger partial charge on any atom is 0.329 e. The lowest BCUT2D eigenvalue weighted by atomic mass is 9.77. The number of amides is 10. The van der Waals surface area contributed by atoms with Crippen LogP contribution in [-0.2, 0) is 64.0 Å². The molecule has 0 aliphatic rings. The number of nitrogens with two attached hydrogens (primary N) is 6. The highest BCUT2D eigenvalue weighted by Crippen LogP contribution is 2.33. The number of phenols is 1. The van der Waals surface area contributed by atoms with Gasteiger partial charge >= 0.3 is 5.97 Å². The molecular weight excluding hydrogens is 1210 g/mol. The average Bonchev–Trinajstić information content (AvgIpc) is 0.761. The zero-order chi connectivity index (χ0) is 71.0. The summed E-state index contributed by atoms with van der Waals surface area (Å²) in [6.45, 7) is 14.4. The summed E-state index contributed by atoms with van der Waals surface area (Å²) in [5.41, 5.74) is 32.3. The number of phenolic OH excluding ortho intramolecular Hbond substituents is 1. The molecule has 14 atom stereocenters. The number of imide groups is 2. The van der Waals surface area contributed by atoms with Gasteiger partial charge in [0.2, 0.25) is 47.3 Å². The Labute approximate surface area is 535 Å². The lowest BCUT2D eigenvalue weighted by Gasteiger charge is -2.45. The number of rotatable bonds is 40. The Morgan fingerprint density at radius 3 is 1.73 bits per heavy atom. The zero-order valence-corrected chi connectivity index (χ0v) is 54.6. The maximum atomic E-state index is 16.2. The smallest absolute Gasteiger partial charge is 0.329 e. The van der Waals surface area contributed by atoms with Gasteiger partial charge in [0, 0.05) is 6.54 Å². The number of aliphatic hydroxyl groups is 4. The number of carboxylic acid groups (broad SMARTS) is 1. The first-order valence-corrected chi connectivity index (χ1v) is 30.4. The fourth-order valence-electron chi connectivity index (χ4n) is 9.88. The third kappa shape index (κ3) is 23.7. The minimum absolute atomic E-state index is 0.0496. The van der Waals surface area contributed by atoms with Gasteiger partial charge in [-0.05, 0) is 99.8 Å². The molecule has 0 heterocycles. The lowest BCUT2D eigenvalue weighted by Crippen LogP contribution is -2.75. The number of aliphatic carboxylic acids is 1. The molecule has 0 spiro atoms. The van der Waals surface area contributed by atoms with E-state index in [4.69, 9.17) is 34.4 Å². The van der Waals surface area contributed by atoms with E-state index in [1.54, 1.807) is 20.8 Å². The minimum Gasteiger partial charge on any atom is -0.508 e. The molecule has 92 heavy (non-hydrogen) atoms. The third-order valence-electron chi connectivity index (χ3n) is 15.1. The summed E-state index contributed by atoms with van der Waals surface area (Å²) >= 11 is 0. The van der Waals surface area contributed by atoms with Crippen LogP contribution in [0.3, 0.4) is 0 Å². The van der Waals surface area contributed by atoms with Gasteiger partial charge < -0.3 is 96.9 Å². The molecule has 0 radical (unpaired) electrons. The van der Waals surface area contributed by atoms with Crippen LogP contribution in [0.2, 0.25) is 0 Å². The number of aromatic hydroxyl groups is 1. The molecule has 0 aromatic heterocycles. The van der Waals surface area contributed by atoms with Gasteiger partial charge in [0.25, 0.3) is 11.8 Å². The van der Waals surface area contributed by atoms with Crippen molar-refractivity contribution in [1.29, 1.82) is 0 Å². The Hall–Kier alpha value is -7.79. The molecule has 0 saturated carbocycles. The lowest BCUT2D eigenvalue weighted by molar-refractivity contribution is -0.169. The van der Waals surface area contributed by atoms with Gasteiger partial charge in [-0.25, -0.2) is 4.79 Å². The van der Waals surface area contributed by atoms with Crippen LogP contribution in [0.1, 0.15) is 120 Å². The Balaban J connectivity index is 4.42. The highest BCUT2D eigenvalue weighted by Gasteiger charge is 2.59. The Morgan fingerprint density at radius 2 is 1.25 bits per heavy atom. The first-order chi connectivity index (χ1) is 42.7. The molecule has 1 aromatic rings. The molecule has 520 valence electrons. The monoisotopic (exact) mass is 1310 g/mol. The predicted molar refractivity (Wildman–Crippen MR) is 335 cm³/mol. The first-order valence-electron chi connectivity index (χ1n) is 30.4. The van der Waals surface area contributed by atoms with Crippen LogP contribution in [0.15, 0.2) is 29.3 Å². The van der Waals surface area contributed by atoms with E-state index < -0.39 is 205 Å². The number of carbonyl (C=O) groups excluding carboxylic acids is 11. The molecule has 0 aliphatic carbocycles. The van der Waals surface area contributed by atoms with Crippen molar-refractivity contribution in [2.24, 2.45) is 69.0 Å². The van der Waals surface area contributed by atoms with Crippen molar-refractivity contribution in [2.45, 2.75) is 199 Å². The number of hydrogen-bond acceptors (Lipinski definition) is 22. The molecule has 1 aromatic carbocycles. The second-order valence-electron chi connectivity index (χ2n) is 24.5. The summed E-state index contributed by atoms with van der Waals surface area (Å²) in [5, 5.41) is 77.4. The predicted octanol–water partition coefficient (Wildman–Crippen LogP) is -5.49. The maximum absolute atomic E-state index is 16.2. The average molecular weight is 1310 g/mol. The molecule has 0 saturated heterocycles. The molecule has 1 unspecified atom stereocenters. The number of primary amides is 1. The summed E-state index contributed by atoms with van der Waals surface area (Å²) in [4.78, 5) is 176. The van der Waals surface area contributed by atoms with Crippen LogP contribution < -0.4 is 66.3 Å². The van der Waals surface area contributed by atoms with Gasteiger partial charge in [-0.2, -0.15) is 0 Å². The fourth-order valence-corrected chi connectivity index (χ4v) is 9.88.